The summed E-state index contributed by atoms with van der Waals surface area (Å²) in [4.78, 5) is 6.22. The van der Waals surface area contributed by atoms with Crippen LogP contribution in [0.2, 0.25) is 0 Å². The van der Waals surface area contributed by atoms with Crippen LogP contribution in [0.1, 0.15) is 13.8 Å². The molecule has 1 rings (SSSR count). The van der Waals surface area contributed by atoms with Gasteiger partial charge in [-0.1, -0.05) is 18.2 Å². The zero-order valence-corrected chi connectivity index (χ0v) is 13.0. The van der Waals surface area contributed by atoms with E-state index in [1.54, 1.807) is 21.0 Å². The molecule has 0 aromatic heterocycles. The molecule has 0 atom stereocenters. The van der Waals surface area contributed by atoms with E-state index in [0.29, 0.717) is 22.3 Å². The van der Waals surface area contributed by atoms with Gasteiger partial charge < -0.3 is 15.4 Å². The maximum Gasteiger partial charge on any atom is 0.157 e. The molecule has 4 nitrogen and oxygen atoms in total. The van der Waals surface area contributed by atoms with E-state index in [2.05, 4.69) is 11.6 Å². The normalized spacial score (nSPS) is 12.8. The van der Waals surface area contributed by atoms with Crippen molar-refractivity contribution >= 4 is 23.1 Å². The van der Waals surface area contributed by atoms with E-state index in [0.717, 1.165) is 11.4 Å². The first-order chi connectivity index (χ1) is 9.36. The number of anilines is 1. The number of rotatable bonds is 4. The second-order valence-corrected chi connectivity index (χ2v) is 4.94. The minimum absolute atomic E-state index is 0.424. The summed E-state index contributed by atoms with van der Waals surface area (Å²) in [5.41, 5.74) is 8.01. The van der Waals surface area contributed by atoms with Gasteiger partial charge in [0, 0.05) is 23.5 Å². The van der Waals surface area contributed by atoms with E-state index < -0.39 is 0 Å². The van der Waals surface area contributed by atoms with Gasteiger partial charge in [-0.3, -0.25) is 0 Å². The highest BCUT2D eigenvalue weighted by Gasteiger charge is 2.14. The average molecular weight is 294 g/mol. The maximum absolute atomic E-state index is 6.01. The predicted molar refractivity (Wildman–Crippen MR) is 86.4 cm³/mol. The summed E-state index contributed by atoms with van der Waals surface area (Å²) in [7, 11) is 3.50. The summed E-state index contributed by atoms with van der Waals surface area (Å²) in [5, 5.41) is 0.491. The fourth-order valence-electron chi connectivity index (χ4n) is 1.58. The Balaban J connectivity index is 3.20. The van der Waals surface area contributed by atoms with Crippen molar-refractivity contribution in [1.82, 2.24) is 0 Å². The zero-order chi connectivity index (χ0) is 15.3. The van der Waals surface area contributed by atoms with E-state index in [4.69, 9.17) is 22.1 Å². The Kier molecular flexibility index (Phi) is 5.65. The van der Waals surface area contributed by atoms with Crippen LogP contribution < -0.4 is 15.4 Å². The summed E-state index contributed by atoms with van der Waals surface area (Å²) in [6.45, 7) is 7.32. The van der Waals surface area contributed by atoms with Gasteiger partial charge in [-0.15, -0.1) is 0 Å². The van der Waals surface area contributed by atoms with Crippen molar-refractivity contribution in [3.8, 4) is 5.75 Å². The van der Waals surface area contributed by atoms with Crippen LogP contribution in [0.5, 0.6) is 5.75 Å². The molecular weight excluding hydrogens is 274 g/mol. The molecule has 1 aromatic rings. The Bertz CT molecular complexity index is 543. The molecule has 0 unspecified atom stereocenters. The molecule has 20 heavy (non-hydrogen) atoms. The molecule has 0 fully saturated rings. The minimum Gasteiger partial charge on any atom is -0.497 e. The van der Waals surface area contributed by atoms with Crippen molar-refractivity contribution in [3.63, 3.8) is 0 Å². The summed E-state index contributed by atoms with van der Waals surface area (Å²) in [6, 6.07) is 7.59. The molecule has 108 valence electrons. The highest BCUT2D eigenvalue weighted by Crippen LogP contribution is 2.21. The number of likely N-dealkylation sites (N-methyl/N-ethyl adjacent to an activating group) is 1. The molecule has 0 saturated heterocycles. The molecule has 0 aliphatic carbocycles. The van der Waals surface area contributed by atoms with Crippen LogP contribution >= 0.6 is 11.6 Å². The molecule has 5 heteroatoms. The molecular formula is C15H20ClN3O. The smallest absolute Gasteiger partial charge is 0.157 e. The quantitative estimate of drug-likeness (QED) is 0.683. The molecule has 0 aliphatic rings. The highest BCUT2D eigenvalue weighted by atomic mass is 35.5. The summed E-state index contributed by atoms with van der Waals surface area (Å²) < 4.78 is 5.14. The van der Waals surface area contributed by atoms with Gasteiger partial charge in [0.05, 0.1) is 12.8 Å². The lowest BCUT2D eigenvalue weighted by atomic mass is 10.2. The summed E-state index contributed by atoms with van der Waals surface area (Å²) in [5.74, 6) is 1.35. The number of ether oxygens (including phenoxy) is 1. The maximum atomic E-state index is 6.01. The van der Waals surface area contributed by atoms with Gasteiger partial charge in [0.15, 0.2) is 5.84 Å². The third-order valence-electron chi connectivity index (χ3n) is 2.69. The van der Waals surface area contributed by atoms with Crippen molar-refractivity contribution in [1.29, 1.82) is 0 Å². The van der Waals surface area contributed by atoms with Crippen LogP contribution in [-0.2, 0) is 0 Å². The van der Waals surface area contributed by atoms with Crippen LogP contribution in [-0.4, -0.2) is 20.0 Å². The van der Waals surface area contributed by atoms with Crippen molar-refractivity contribution in [2.24, 2.45) is 10.7 Å². The largest absolute Gasteiger partial charge is 0.497 e. The van der Waals surface area contributed by atoms with Crippen LogP contribution in [0.25, 0.3) is 0 Å². The molecule has 0 bridgehead atoms. The number of methoxy groups -OCH3 is 1. The second kappa shape index (κ2) is 7.01. The first-order valence-electron chi connectivity index (χ1n) is 6.11. The number of aliphatic imine (C=N–C) groups is 1. The van der Waals surface area contributed by atoms with Gasteiger partial charge in [-0.25, -0.2) is 4.99 Å². The Morgan fingerprint density at radius 1 is 1.30 bits per heavy atom. The lowest BCUT2D eigenvalue weighted by Gasteiger charge is -2.22. The van der Waals surface area contributed by atoms with Gasteiger partial charge >= 0.3 is 0 Å². The lowest BCUT2D eigenvalue weighted by molar-refractivity contribution is 0.415. The number of halogens is 1. The van der Waals surface area contributed by atoms with Gasteiger partial charge in [0.2, 0.25) is 0 Å². The molecule has 0 heterocycles. The SMILES string of the molecule is C=C(C)/N=C(\C(N)=C(/C)Cl)N(C)c1ccc(OC)cc1. The number of nitrogens with zero attached hydrogens (tertiary/aromatic N) is 2. The van der Waals surface area contributed by atoms with Crippen LogP contribution in [0.3, 0.4) is 0 Å². The summed E-state index contributed by atoms with van der Waals surface area (Å²) in [6.07, 6.45) is 0. The second-order valence-electron chi connectivity index (χ2n) is 4.37. The van der Waals surface area contributed by atoms with Crippen LogP contribution in [0, 0.1) is 0 Å². The van der Waals surface area contributed by atoms with Crippen LogP contribution in [0.15, 0.2) is 52.3 Å². The Morgan fingerprint density at radius 2 is 1.85 bits per heavy atom. The standard InChI is InChI=1S/C15H20ClN3O/c1-10(2)18-15(14(17)11(3)16)19(4)12-6-8-13(20-5)9-7-12/h6-9H,1,17H2,2-5H3/b14-11-,18-15+. The van der Waals surface area contributed by atoms with Crippen molar-refractivity contribution in [2.75, 3.05) is 19.1 Å². The summed E-state index contributed by atoms with van der Waals surface area (Å²) >= 11 is 5.98. The number of hydrogen-bond donors (Lipinski definition) is 1. The number of allylic oxidation sites excluding steroid dienone is 2. The number of nitrogens with two attached hydrogens (primary N) is 1. The molecule has 0 spiro atoms. The fourth-order valence-corrected chi connectivity index (χ4v) is 1.66. The van der Waals surface area contributed by atoms with E-state index in [1.807, 2.05) is 36.2 Å². The van der Waals surface area contributed by atoms with Crippen LogP contribution in [0.4, 0.5) is 5.69 Å². The van der Waals surface area contributed by atoms with E-state index in [1.165, 1.54) is 0 Å². The third kappa shape index (κ3) is 4.03. The Labute approximate surface area is 125 Å². The monoisotopic (exact) mass is 293 g/mol. The zero-order valence-electron chi connectivity index (χ0n) is 12.3. The molecule has 0 amide bonds. The van der Waals surface area contributed by atoms with Crippen molar-refractivity contribution < 1.29 is 4.74 Å². The first kappa shape index (κ1) is 16.1. The Morgan fingerprint density at radius 3 is 2.25 bits per heavy atom. The van der Waals surface area contributed by atoms with E-state index >= 15 is 0 Å². The topological polar surface area (TPSA) is 50.8 Å². The van der Waals surface area contributed by atoms with E-state index in [9.17, 15) is 0 Å². The minimum atomic E-state index is 0.424. The molecule has 2 N–H and O–H groups in total. The molecule has 1 aromatic carbocycles. The highest BCUT2D eigenvalue weighted by molar-refractivity contribution is 6.32. The van der Waals surface area contributed by atoms with Crippen molar-refractivity contribution in [3.05, 3.63) is 47.3 Å². The molecule has 0 radical (unpaired) electrons. The first-order valence-corrected chi connectivity index (χ1v) is 6.48. The van der Waals surface area contributed by atoms with Gasteiger partial charge in [0.1, 0.15) is 5.75 Å². The number of amidine groups is 1. The average Bonchev–Trinajstić information content (AvgIpc) is 2.43. The third-order valence-corrected chi connectivity index (χ3v) is 2.89. The van der Waals surface area contributed by atoms with Gasteiger partial charge in [0.25, 0.3) is 0 Å². The number of hydrogen-bond acceptors (Lipinski definition) is 3. The Hall–Kier alpha value is -1.94. The fraction of sp³-hybridized carbons (Fsp3) is 0.267. The lowest BCUT2D eigenvalue weighted by Crippen LogP contribution is -2.31. The van der Waals surface area contributed by atoms with E-state index in [-0.39, 0.29) is 0 Å². The molecule has 0 aliphatic heterocycles. The number of benzene rings is 1. The predicted octanol–water partition coefficient (Wildman–Crippen LogP) is 3.49. The molecule has 0 saturated carbocycles. The van der Waals surface area contributed by atoms with Crippen molar-refractivity contribution in [2.45, 2.75) is 13.8 Å². The van der Waals surface area contributed by atoms with Gasteiger partial charge in [-0.2, -0.15) is 0 Å². The van der Waals surface area contributed by atoms with Gasteiger partial charge in [-0.05, 0) is 38.1 Å².